The Hall–Kier alpha value is -2.34. The van der Waals surface area contributed by atoms with E-state index in [0.29, 0.717) is 11.5 Å². The highest BCUT2D eigenvalue weighted by Crippen LogP contribution is 2.25. The summed E-state index contributed by atoms with van der Waals surface area (Å²) >= 11 is 6.01. The summed E-state index contributed by atoms with van der Waals surface area (Å²) in [5.74, 6) is 1.44. The average molecular weight is 304 g/mol. The Morgan fingerprint density at radius 2 is 2.19 bits per heavy atom. The molecule has 7 heteroatoms. The molecule has 0 amide bonds. The molecule has 0 radical (unpaired) electrons. The molecule has 0 aliphatic heterocycles. The van der Waals surface area contributed by atoms with Crippen molar-refractivity contribution in [3.63, 3.8) is 0 Å². The molecule has 3 aromatic rings. The number of methoxy groups -OCH3 is 1. The van der Waals surface area contributed by atoms with Crippen LogP contribution in [0.15, 0.2) is 30.5 Å². The van der Waals surface area contributed by atoms with Gasteiger partial charge in [-0.15, -0.1) is 0 Å². The lowest BCUT2D eigenvalue weighted by atomic mass is 10.3. The van der Waals surface area contributed by atoms with Crippen molar-refractivity contribution in [3.05, 3.63) is 35.7 Å². The molecule has 2 aromatic heterocycles. The summed E-state index contributed by atoms with van der Waals surface area (Å²) in [5.41, 5.74) is 1.50. The Bertz CT molecular complexity index is 786. The van der Waals surface area contributed by atoms with Crippen molar-refractivity contribution < 1.29 is 4.74 Å². The Morgan fingerprint density at radius 1 is 1.33 bits per heavy atom. The van der Waals surface area contributed by atoms with Crippen LogP contribution in [-0.2, 0) is 0 Å². The van der Waals surface area contributed by atoms with Crippen molar-refractivity contribution >= 4 is 28.5 Å². The van der Waals surface area contributed by atoms with Crippen molar-refractivity contribution in [3.8, 4) is 11.4 Å². The molecule has 0 atom stereocenters. The maximum atomic E-state index is 6.01. The molecule has 0 fully saturated rings. The van der Waals surface area contributed by atoms with Crippen LogP contribution in [-0.4, -0.2) is 33.4 Å². The number of aromatic nitrogens is 4. The molecule has 108 valence electrons. The maximum Gasteiger partial charge on any atom is 0.226 e. The number of ether oxygens (including phenoxy) is 1. The van der Waals surface area contributed by atoms with E-state index in [2.05, 4.69) is 20.4 Å². The van der Waals surface area contributed by atoms with Crippen molar-refractivity contribution in [2.45, 2.75) is 6.92 Å². The molecule has 0 spiro atoms. The second kappa shape index (κ2) is 5.57. The van der Waals surface area contributed by atoms with Gasteiger partial charge in [-0.2, -0.15) is 15.1 Å². The molecular weight excluding hydrogens is 290 g/mol. The third-order valence-electron chi connectivity index (χ3n) is 3.04. The highest BCUT2D eigenvalue weighted by Gasteiger charge is 2.13. The predicted octanol–water partition coefficient (Wildman–Crippen LogP) is 2.91. The van der Waals surface area contributed by atoms with Crippen LogP contribution in [0.5, 0.6) is 5.75 Å². The van der Waals surface area contributed by atoms with Crippen LogP contribution in [0.1, 0.15) is 6.92 Å². The predicted molar refractivity (Wildman–Crippen MR) is 82.4 cm³/mol. The van der Waals surface area contributed by atoms with E-state index in [9.17, 15) is 0 Å². The lowest BCUT2D eigenvalue weighted by molar-refractivity contribution is 0.414. The number of halogens is 1. The molecule has 3 rings (SSSR count). The van der Waals surface area contributed by atoms with E-state index in [1.54, 1.807) is 18.0 Å². The molecule has 0 saturated heterocycles. The molecule has 0 aliphatic rings. The van der Waals surface area contributed by atoms with Crippen molar-refractivity contribution in [2.24, 2.45) is 0 Å². The number of hydrogen-bond donors (Lipinski definition) is 1. The monoisotopic (exact) mass is 303 g/mol. The summed E-state index contributed by atoms with van der Waals surface area (Å²) < 4.78 is 6.95. The molecule has 21 heavy (non-hydrogen) atoms. The van der Waals surface area contributed by atoms with Crippen LogP contribution in [0, 0.1) is 0 Å². The summed E-state index contributed by atoms with van der Waals surface area (Å²) in [6.45, 7) is 2.74. The zero-order valence-electron chi connectivity index (χ0n) is 11.7. The van der Waals surface area contributed by atoms with Gasteiger partial charge in [0, 0.05) is 12.6 Å². The lowest BCUT2D eigenvalue weighted by Crippen LogP contribution is -2.03. The summed E-state index contributed by atoms with van der Waals surface area (Å²) in [5, 5.41) is 8.56. The van der Waals surface area contributed by atoms with Gasteiger partial charge in [-0.05, 0) is 30.7 Å². The van der Waals surface area contributed by atoms with E-state index in [1.807, 2.05) is 31.2 Å². The fourth-order valence-electron chi connectivity index (χ4n) is 2.11. The molecule has 0 saturated carbocycles. The first kappa shape index (κ1) is 13.6. The topological polar surface area (TPSA) is 64.9 Å². The molecule has 2 heterocycles. The van der Waals surface area contributed by atoms with Gasteiger partial charge in [-0.1, -0.05) is 6.07 Å². The lowest BCUT2D eigenvalue weighted by Gasteiger charge is -2.07. The molecule has 1 aromatic carbocycles. The minimum atomic E-state index is 0.183. The van der Waals surface area contributed by atoms with E-state index in [-0.39, 0.29) is 5.28 Å². The van der Waals surface area contributed by atoms with Crippen LogP contribution in [0.4, 0.5) is 5.82 Å². The van der Waals surface area contributed by atoms with E-state index >= 15 is 0 Å². The smallest absolute Gasteiger partial charge is 0.226 e. The average Bonchev–Trinajstić information content (AvgIpc) is 2.91. The zero-order valence-corrected chi connectivity index (χ0v) is 12.4. The molecule has 6 nitrogen and oxygen atoms in total. The van der Waals surface area contributed by atoms with E-state index in [1.165, 1.54) is 0 Å². The van der Waals surface area contributed by atoms with Crippen molar-refractivity contribution in [2.75, 3.05) is 19.0 Å². The molecular formula is C14H14ClN5O. The third-order valence-corrected chi connectivity index (χ3v) is 3.21. The Morgan fingerprint density at radius 3 is 2.95 bits per heavy atom. The van der Waals surface area contributed by atoms with Gasteiger partial charge in [0.1, 0.15) is 11.6 Å². The van der Waals surface area contributed by atoms with Gasteiger partial charge in [0.15, 0.2) is 5.65 Å². The van der Waals surface area contributed by atoms with Gasteiger partial charge >= 0.3 is 0 Å². The summed E-state index contributed by atoms with van der Waals surface area (Å²) in [6, 6.07) is 7.59. The second-order valence-electron chi connectivity index (χ2n) is 4.37. The first-order valence-electron chi connectivity index (χ1n) is 6.52. The normalized spacial score (nSPS) is 10.8. The van der Waals surface area contributed by atoms with E-state index in [0.717, 1.165) is 23.4 Å². The highest BCUT2D eigenvalue weighted by molar-refractivity contribution is 6.28. The number of fused-ring (bicyclic) bond motifs is 1. The Balaban J connectivity index is 2.19. The highest BCUT2D eigenvalue weighted by atomic mass is 35.5. The van der Waals surface area contributed by atoms with Gasteiger partial charge < -0.3 is 10.1 Å². The van der Waals surface area contributed by atoms with Crippen LogP contribution >= 0.6 is 11.6 Å². The van der Waals surface area contributed by atoms with Crippen LogP contribution < -0.4 is 10.1 Å². The molecule has 0 aliphatic carbocycles. The largest absolute Gasteiger partial charge is 0.497 e. The van der Waals surface area contributed by atoms with E-state index < -0.39 is 0 Å². The molecule has 0 unspecified atom stereocenters. The third kappa shape index (κ3) is 2.50. The number of anilines is 1. The number of nitrogens with zero attached hydrogens (tertiary/aromatic N) is 4. The summed E-state index contributed by atoms with van der Waals surface area (Å²) in [4.78, 5) is 8.48. The second-order valence-corrected chi connectivity index (χ2v) is 4.70. The van der Waals surface area contributed by atoms with Gasteiger partial charge in [-0.25, -0.2) is 4.68 Å². The summed E-state index contributed by atoms with van der Waals surface area (Å²) in [6.07, 6.45) is 1.73. The maximum absolute atomic E-state index is 6.01. The van der Waals surface area contributed by atoms with Gasteiger partial charge in [0.25, 0.3) is 0 Å². The standard InChI is InChI=1S/C14H14ClN5O/c1-3-16-12-11-8-17-20(13(11)19-14(15)18-12)9-5-4-6-10(7-9)21-2/h4-8H,3H2,1-2H3,(H,16,18,19). The fraction of sp³-hybridized carbons (Fsp3) is 0.214. The van der Waals surface area contributed by atoms with Gasteiger partial charge in [0.2, 0.25) is 5.28 Å². The number of hydrogen-bond acceptors (Lipinski definition) is 5. The first-order valence-corrected chi connectivity index (χ1v) is 6.90. The van der Waals surface area contributed by atoms with Crippen molar-refractivity contribution in [1.29, 1.82) is 0 Å². The SMILES string of the molecule is CCNc1nc(Cl)nc2c1cnn2-c1cccc(OC)c1. The minimum absolute atomic E-state index is 0.183. The zero-order chi connectivity index (χ0) is 14.8. The van der Waals surface area contributed by atoms with Gasteiger partial charge in [0.05, 0.1) is 24.4 Å². The van der Waals surface area contributed by atoms with Crippen LogP contribution in [0.25, 0.3) is 16.7 Å². The van der Waals surface area contributed by atoms with Crippen LogP contribution in [0.3, 0.4) is 0 Å². The Kier molecular flexibility index (Phi) is 3.62. The first-order chi connectivity index (χ1) is 10.2. The quantitative estimate of drug-likeness (QED) is 0.751. The molecule has 0 bridgehead atoms. The summed E-state index contributed by atoms with van der Waals surface area (Å²) in [7, 11) is 1.63. The minimum Gasteiger partial charge on any atom is -0.497 e. The fourth-order valence-corrected chi connectivity index (χ4v) is 2.28. The number of rotatable bonds is 4. The molecule has 1 N–H and O–H groups in total. The number of nitrogens with one attached hydrogen (secondary N) is 1. The number of benzene rings is 1. The van der Waals surface area contributed by atoms with E-state index in [4.69, 9.17) is 16.3 Å². The van der Waals surface area contributed by atoms with Gasteiger partial charge in [-0.3, -0.25) is 0 Å². The van der Waals surface area contributed by atoms with Crippen molar-refractivity contribution in [1.82, 2.24) is 19.7 Å². The van der Waals surface area contributed by atoms with Crippen LogP contribution in [0.2, 0.25) is 5.28 Å². The Labute approximate surface area is 126 Å².